The smallest absolute Gasteiger partial charge is 0.181 e. The van der Waals surface area contributed by atoms with Crippen LogP contribution in [0.1, 0.15) is 12.0 Å². The van der Waals surface area contributed by atoms with Gasteiger partial charge in [0, 0.05) is 6.42 Å². The fraction of sp³-hybridized carbons (Fsp3) is 0.385. The van der Waals surface area contributed by atoms with Crippen LogP contribution in [-0.4, -0.2) is 23.6 Å². The van der Waals surface area contributed by atoms with Crippen LogP contribution < -0.4 is 0 Å². The summed E-state index contributed by atoms with van der Waals surface area (Å²) in [6, 6.07) is 9.88. The Kier molecular flexibility index (Phi) is 3.72. The minimum atomic E-state index is -0.841. The number of benzene rings is 1. The van der Waals surface area contributed by atoms with Gasteiger partial charge in [-0.05, 0) is 5.56 Å². The summed E-state index contributed by atoms with van der Waals surface area (Å²) in [7, 11) is 0. The van der Waals surface area contributed by atoms with Crippen molar-refractivity contribution in [3.05, 3.63) is 48.6 Å². The van der Waals surface area contributed by atoms with Crippen molar-refractivity contribution < 1.29 is 14.6 Å². The van der Waals surface area contributed by atoms with E-state index >= 15 is 0 Å². The van der Waals surface area contributed by atoms with Gasteiger partial charge in [0.2, 0.25) is 0 Å². The molecule has 0 aliphatic carbocycles. The predicted molar refractivity (Wildman–Crippen MR) is 60.7 cm³/mol. The Labute approximate surface area is 95.3 Å². The highest BCUT2D eigenvalue weighted by atomic mass is 16.6. The molecule has 1 heterocycles. The molecule has 0 saturated carbocycles. The van der Waals surface area contributed by atoms with Gasteiger partial charge in [-0.15, -0.1) is 6.58 Å². The van der Waals surface area contributed by atoms with Crippen LogP contribution in [0.3, 0.4) is 0 Å². The highest BCUT2D eigenvalue weighted by Gasteiger charge is 2.32. The standard InChI is InChI=1S/C13H16O3/c1-2-11-8-12(13(14)16-11)15-9-10-6-4-3-5-7-10/h2-7,11-14H,1,8-9H2/t11-,12+,13?/m0/s1. The molecule has 1 aromatic rings. The Morgan fingerprint density at radius 1 is 1.44 bits per heavy atom. The quantitative estimate of drug-likeness (QED) is 0.787. The second kappa shape index (κ2) is 5.25. The zero-order valence-corrected chi connectivity index (χ0v) is 9.08. The summed E-state index contributed by atoms with van der Waals surface area (Å²) in [5, 5.41) is 9.57. The lowest BCUT2D eigenvalue weighted by molar-refractivity contribution is -0.139. The maximum absolute atomic E-state index is 9.57. The molecular weight excluding hydrogens is 204 g/mol. The number of hydrogen-bond donors (Lipinski definition) is 1. The number of aliphatic hydroxyl groups excluding tert-OH is 1. The molecule has 3 nitrogen and oxygen atoms in total. The van der Waals surface area contributed by atoms with Crippen molar-refractivity contribution in [2.24, 2.45) is 0 Å². The molecule has 1 aliphatic heterocycles. The van der Waals surface area contributed by atoms with Crippen LogP contribution in [0.25, 0.3) is 0 Å². The Balaban J connectivity index is 1.85. The maximum atomic E-state index is 9.57. The van der Waals surface area contributed by atoms with Crippen LogP contribution >= 0.6 is 0 Å². The van der Waals surface area contributed by atoms with Gasteiger partial charge in [-0.25, -0.2) is 0 Å². The van der Waals surface area contributed by atoms with Gasteiger partial charge in [0.25, 0.3) is 0 Å². The van der Waals surface area contributed by atoms with Gasteiger partial charge < -0.3 is 14.6 Å². The Morgan fingerprint density at radius 2 is 2.19 bits per heavy atom. The average molecular weight is 220 g/mol. The van der Waals surface area contributed by atoms with Gasteiger partial charge in [-0.3, -0.25) is 0 Å². The Morgan fingerprint density at radius 3 is 2.81 bits per heavy atom. The summed E-state index contributed by atoms with van der Waals surface area (Å²) in [6.07, 6.45) is 1.15. The Bertz CT molecular complexity index is 336. The van der Waals surface area contributed by atoms with E-state index in [1.807, 2.05) is 30.3 Å². The molecule has 0 bridgehead atoms. The van der Waals surface area contributed by atoms with Crippen LogP contribution in [0.4, 0.5) is 0 Å². The lowest BCUT2D eigenvalue weighted by Crippen LogP contribution is -2.23. The van der Waals surface area contributed by atoms with Crippen LogP contribution in [0, 0.1) is 0 Å². The number of aliphatic hydroxyl groups is 1. The van der Waals surface area contributed by atoms with Gasteiger partial charge in [-0.2, -0.15) is 0 Å². The second-order valence-corrected chi connectivity index (χ2v) is 3.87. The van der Waals surface area contributed by atoms with E-state index in [-0.39, 0.29) is 12.2 Å². The molecule has 1 aliphatic rings. The third kappa shape index (κ3) is 2.70. The normalized spacial score (nSPS) is 29.2. The molecule has 0 spiro atoms. The third-order valence-electron chi connectivity index (χ3n) is 2.67. The largest absolute Gasteiger partial charge is 0.368 e. The molecule has 1 unspecified atom stereocenters. The molecule has 3 heteroatoms. The molecule has 86 valence electrons. The van der Waals surface area contributed by atoms with E-state index in [4.69, 9.17) is 9.47 Å². The van der Waals surface area contributed by atoms with Crippen molar-refractivity contribution >= 4 is 0 Å². The SMILES string of the molecule is C=C[C@H]1C[C@@H](OCc2ccccc2)C(O)O1. The van der Waals surface area contributed by atoms with E-state index in [2.05, 4.69) is 6.58 Å². The van der Waals surface area contributed by atoms with Crippen LogP contribution in [-0.2, 0) is 16.1 Å². The molecule has 3 atom stereocenters. The third-order valence-corrected chi connectivity index (χ3v) is 2.67. The summed E-state index contributed by atoms with van der Waals surface area (Å²) in [6.45, 7) is 4.13. The van der Waals surface area contributed by atoms with Crippen molar-refractivity contribution in [1.82, 2.24) is 0 Å². The topological polar surface area (TPSA) is 38.7 Å². The monoisotopic (exact) mass is 220 g/mol. The molecular formula is C13H16O3. The zero-order chi connectivity index (χ0) is 11.4. The van der Waals surface area contributed by atoms with Gasteiger partial charge in [0.1, 0.15) is 6.10 Å². The van der Waals surface area contributed by atoms with Crippen molar-refractivity contribution in [3.8, 4) is 0 Å². The molecule has 2 rings (SSSR count). The highest BCUT2D eigenvalue weighted by molar-refractivity contribution is 5.13. The van der Waals surface area contributed by atoms with Crippen LogP contribution in [0.5, 0.6) is 0 Å². The molecule has 0 aromatic heterocycles. The number of rotatable bonds is 4. The fourth-order valence-electron chi connectivity index (χ4n) is 1.75. The van der Waals surface area contributed by atoms with E-state index in [9.17, 15) is 5.11 Å². The lowest BCUT2D eigenvalue weighted by Gasteiger charge is -2.13. The van der Waals surface area contributed by atoms with E-state index in [1.165, 1.54) is 0 Å². The molecule has 0 radical (unpaired) electrons. The molecule has 16 heavy (non-hydrogen) atoms. The predicted octanol–water partition coefficient (Wildman–Crippen LogP) is 1.87. The van der Waals surface area contributed by atoms with E-state index < -0.39 is 6.29 Å². The minimum absolute atomic E-state index is 0.101. The first-order chi connectivity index (χ1) is 7.79. The number of hydrogen-bond acceptors (Lipinski definition) is 3. The zero-order valence-electron chi connectivity index (χ0n) is 9.08. The molecule has 1 N–H and O–H groups in total. The fourth-order valence-corrected chi connectivity index (χ4v) is 1.75. The highest BCUT2D eigenvalue weighted by Crippen LogP contribution is 2.23. The van der Waals surface area contributed by atoms with Gasteiger partial charge in [0.05, 0.1) is 12.7 Å². The summed E-state index contributed by atoms with van der Waals surface area (Å²) < 4.78 is 10.8. The second-order valence-electron chi connectivity index (χ2n) is 3.87. The molecule has 1 fully saturated rings. The van der Waals surface area contributed by atoms with Gasteiger partial charge in [0.15, 0.2) is 6.29 Å². The van der Waals surface area contributed by atoms with Gasteiger partial charge >= 0.3 is 0 Å². The summed E-state index contributed by atoms with van der Waals surface area (Å²) in [4.78, 5) is 0. The summed E-state index contributed by atoms with van der Waals surface area (Å²) >= 11 is 0. The minimum Gasteiger partial charge on any atom is -0.368 e. The average Bonchev–Trinajstić information content (AvgIpc) is 2.69. The van der Waals surface area contributed by atoms with E-state index in [0.29, 0.717) is 13.0 Å². The lowest BCUT2D eigenvalue weighted by atomic mass is 10.2. The molecule has 1 aromatic carbocycles. The maximum Gasteiger partial charge on any atom is 0.181 e. The van der Waals surface area contributed by atoms with Crippen LogP contribution in [0.2, 0.25) is 0 Å². The van der Waals surface area contributed by atoms with Crippen molar-refractivity contribution in [2.75, 3.05) is 0 Å². The molecule has 1 saturated heterocycles. The Hall–Kier alpha value is -1.16. The van der Waals surface area contributed by atoms with Crippen molar-refractivity contribution in [3.63, 3.8) is 0 Å². The van der Waals surface area contributed by atoms with Crippen molar-refractivity contribution in [1.29, 1.82) is 0 Å². The van der Waals surface area contributed by atoms with E-state index in [1.54, 1.807) is 6.08 Å². The first-order valence-electron chi connectivity index (χ1n) is 5.41. The first-order valence-corrected chi connectivity index (χ1v) is 5.41. The number of ether oxygens (including phenoxy) is 2. The van der Waals surface area contributed by atoms with E-state index in [0.717, 1.165) is 5.56 Å². The van der Waals surface area contributed by atoms with Crippen LogP contribution in [0.15, 0.2) is 43.0 Å². The first kappa shape index (κ1) is 11.3. The molecule has 0 amide bonds. The van der Waals surface area contributed by atoms with Gasteiger partial charge in [-0.1, -0.05) is 36.4 Å². The van der Waals surface area contributed by atoms with Crippen molar-refractivity contribution in [2.45, 2.75) is 31.5 Å². The summed E-state index contributed by atoms with van der Waals surface area (Å²) in [5.41, 5.74) is 1.09. The summed E-state index contributed by atoms with van der Waals surface area (Å²) in [5.74, 6) is 0.